The highest BCUT2D eigenvalue weighted by Crippen LogP contribution is 2.45. The van der Waals surface area contributed by atoms with Gasteiger partial charge in [-0.05, 0) is 88.5 Å². The van der Waals surface area contributed by atoms with Crippen molar-refractivity contribution in [3.05, 3.63) is 261 Å². The van der Waals surface area contributed by atoms with Gasteiger partial charge in [0.2, 0.25) is 0 Å². The lowest BCUT2D eigenvalue weighted by molar-refractivity contribution is 0.673. The van der Waals surface area contributed by atoms with E-state index < -0.39 is 0 Å². The van der Waals surface area contributed by atoms with Crippen molar-refractivity contribution in [1.29, 1.82) is 0 Å². The summed E-state index contributed by atoms with van der Waals surface area (Å²) in [7, 11) is 0. The number of furan rings is 1. The number of hydrogen-bond donors (Lipinski definition) is 0. The van der Waals surface area contributed by atoms with Gasteiger partial charge in [-0.3, -0.25) is 0 Å². The summed E-state index contributed by atoms with van der Waals surface area (Å²) in [5, 5.41) is 6.72. The van der Waals surface area contributed by atoms with Gasteiger partial charge in [0, 0.05) is 60.3 Å². The van der Waals surface area contributed by atoms with Gasteiger partial charge in [-0.25, -0.2) is 15.0 Å². The molecule has 0 fully saturated rings. The van der Waals surface area contributed by atoms with Crippen molar-refractivity contribution in [2.24, 2.45) is 0 Å². The van der Waals surface area contributed by atoms with Crippen LogP contribution in [0.3, 0.4) is 0 Å². The van der Waals surface area contributed by atoms with Gasteiger partial charge in [0.25, 0.3) is 0 Å². The van der Waals surface area contributed by atoms with Crippen LogP contribution in [-0.2, 0) is 0 Å². The van der Waals surface area contributed by atoms with E-state index in [1.165, 1.54) is 5.39 Å². The zero-order valence-corrected chi connectivity index (χ0v) is 40.5. The number of benzene rings is 11. The molecule has 4 heterocycles. The molecule has 11 aromatic carbocycles. The molecule has 0 aliphatic carbocycles. The summed E-state index contributed by atoms with van der Waals surface area (Å²) >= 11 is 0. The predicted octanol–water partition coefficient (Wildman–Crippen LogP) is 18.0. The fourth-order valence-corrected chi connectivity index (χ4v) is 11.3. The van der Waals surface area contributed by atoms with Crippen LogP contribution in [0.5, 0.6) is 0 Å². The van der Waals surface area contributed by atoms with E-state index in [0.29, 0.717) is 17.5 Å². The van der Waals surface area contributed by atoms with Crippen molar-refractivity contribution in [3.8, 4) is 78.9 Å². The van der Waals surface area contributed by atoms with E-state index in [-0.39, 0.29) is 0 Å². The largest absolute Gasteiger partial charge is 0.452 e. The normalized spacial score (nSPS) is 11.7. The first kappa shape index (κ1) is 42.5. The molecular formula is C69H43N5O. The average molecular weight is 958 g/mol. The van der Waals surface area contributed by atoms with Crippen LogP contribution in [0.2, 0.25) is 0 Å². The molecule has 0 N–H and O–H groups in total. The van der Waals surface area contributed by atoms with E-state index >= 15 is 0 Å². The van der Waals surface area contributed by atoms with Crippen LogP contribution in [0, 0.1) is 0 Å². The van der Waals surface area contributed by atoms with Crippen LogP contribution in [0.15, 0.2) is 265 Å². The fourth-order valence-electron chi connectivity index (χ4n) is 11.3. The Kier molecular flexibility index (Phi) is 9.78. The third kappa shape index (κ3) is 6.99. The van der Waals surface area contributed by atoms with Crippen molar-refractivity contribution in [1.82, 2.24) is 24.1 Å². The molecule has 0 atom stereocenters. The zero-order chi connectivity index (χ0) is 49.4. The molecule has 75 heavy (non-hydrogen) atoms. The predicted molar refractivity (Wildman–Crippen MR) is 308 cm³/mol. The standard InChI is InChI=1S/C69H43N5O/c1-4-17-44(18-5-1)46-31-33-48(34-32-46)67-70-68(72-69(71-67)51-24-16-23-50(43-51)45-19-6-2-7-20-45)49-35-37-52(38-36-49)73-61-29-14-11-26-54(61)56-39-41-58-59-42-40-57-55-27-12-15-30-62(55)74(64(57)66(59)75-65(58)63(56)73)60-28-13-10-25-53(60)47-21-8-3-9-22-47/h1-43H. The smallest absolute Gasteiger partial charge is 0.164 e. The summed E-state index contributed by atoms with van der Waals surface area (Å²) in [5.74, 6) is 1.81. The van der Waals surface area contributed by atoms with Crippen LogP contribution in [0.1, 0.15) is 0 Å². The molecule has 4 aromatic heterocycles. The van der Waals surface area contributed by atoms with Gasteiger partial charge >= 0.3 is 0 Å². The van der Waals surface area contributed by atoms with Gasteiger partial charge in [0.1, 0.15) is 0 Å². The van der Waals surface area contributed by atoms with Crippen molar-refractivity contribution in [2.75, 3.05) is 0 Å². The van der Waals surface area contributed by atoms with Crippen molar-refractivity contribution >= 4 is 65.6 Å². The highest BCUT2D eigenvalue weighted by Gasteiger charge is 2.24. The number of hydrogen-bond acceptors (Lipinski definition) is 4. The number of fused-ring (bicyclic) bond motifs is 11. The second-order valence-corrected chi connectivity index (χ2v) is 19.1. The molecule has 0 amide bonds. The molecule has 15 aromatic rings. The first-order chi connectivity index (χ1) is 37.2. The minimum absolute atomic E-state index is 0.592. The van der Waals surface area contributed by atoms with Crippen LogP contribution < -0.4 is 0 Å². The van der Waals surface area contributed by atoms with E-state index in [0.717, 1.165) is 122 Å². The van der Waals surface area contributed by atoms with Gasteiger partial charge < -0.3 is 13.6 Å². The summed E-state index contributed by atoms with van der Waals surface area (Å²) in [6.45, 7) is 0. The zero-order valence-electron chi connectivity index (χ0n) is 40.5. The first-order valence-electron chi connectivity index (χ1n) is 25.3. The molecule has 0 saturated carbocycles. The topological polar surface area (TPSA) is 61.7 Å². The Morgan fingerprint density at radius 1 is 0.267 bits per heavy atom. The van der Waals surface area contributed by atoms with Gasteiger partial charge in [-0.2, -0.15) is 0 Å². The van der Waals surface area contributed by atoms with E-state index in [2.05, 4.69) is 258 Å². The molecule has 6 heteroatoms. The highest BCUT2D eigenvalue weighted by molar-refractivity contribution is 6.26. The SMILES string of the molecule is c1ccc(-c2ccc(-c3nc(-c4ccc(-n5c6ccccc6c6ccc7c8ccc9c%10ccccc%10n(-c%10ccccc%10-c%10ccccc%10)c9c8oc7c65)cc4)nc(-c4cccc(-c5ccccc5)c4)n3)cc2)cc1. The number of rotatable bonds is 8. The van der Waals surface area contributed by atoms with Gasteiger partial charge in [0.15, 0.2) is 28.6 Å². The Hall–Kier alpha value is -10.2. The summed E-state index contributed by atoms with van der Waals surface area (Å²) in [5.41, 5.74) is 17.6. The Morgan fingerprint density at radius 2 is 0.680 bits per heavy atom. The van der Waals surface area contributed by atoms with Crippen LogP contribution in [0.4, 0.5) is 0 Å². The second kappa shape index (κ2) is 17.3. The van der Waals surface area contributed by atoms with Crippen LogP contribution in [0.25, 0.3) is 144 Å². The average Bonchev–Trinajstić information content (AvgIpc) is 4.16. The summed E-state index contributed by atoms with van der Waals surface area (Å²) < 4.78 is 12.2. The number of para-hydroxylation sites is 3. The molecule has 15 rings (SSSR count). The molecule has 0 bridgehead atoms. The van der Waals surface area contributed by atoms with E-state index in [1.54, 1.807) is 0 Å². The van der Waals surface area contributed by atoms with Crippen molar-refractivity contribution in [2.45, 2.75) is 0 Å². The van der Waals surface area contributed by atoms with E-state index in [4.69, 9.17) is 19.4 Å². The summed E-state index contributed by atoms with van der Waals surface area (Å²) in [4.78, 5) is 15.5. The van der Waals surface area contributed by atoms with Gasteiger partial charge in [0.05, 0.1) is 27.8 Å². The van der Waals surface area contributed by atoms with E-state index in [9.17, 15) is 0 Å². The first-order valence-corrected chi connectivity index (χ1v) is 25.3. The lowest BCUT2D eigenvalue weighted by Crippen LogP contribution is -2.01. The Labute approximate surface area is 431 Å². The number of aromatic nitrogens is 5. The Balaban J connectivity index is 0.902. The Morgan fingerprint density at radius 3 is 1.29 bits per heavy atom. The van der Waals surface area contributed by atoms with Crippen LogP contribution >= 0.6 is 0 Å². The van der Waals surface area contributed by atoms with Crippen LogP contribution in [-0.4, -0.2) is 24.1 Å². The molecule has 350 valence electrons. The maximum atomic E-state index is 7.41. The third-order valence-corrected chi connectivity index (χ3v) is 14.8. The number of nitrogens with zero attached hydrogens (tertiary/aromatic N) is 5. The second-order valence-electron chi connectivity index (χ2n) is 19.1. The minimum Gasteiger partial charge on any atom is -0.452 e. The molecule has 0 aliphatic rings. The lowest BCUT2D eigenvalue weighted by Gasteiger charge is -2.14. The Bertz CT molecular complexity index is 4670. The van der Waals surface area contributed by atoms with Gasteiger partial charge in [-0.15, -0.1) is 0 Å². The highest BCUT2D eigenvalue weighted by atomic mass is 16.3. The lowest BCUT2D eigenvalue weighted by atomic mass is 10.0. The molecule has 0 aliphatic heterocycles. The summed E-state index contributed by atoms with van der Waals surface area (Å²) in [6, 6.07) is 92.0. The van der Waals surface area contributed by atoms with Crippen molar-refractivity contribution < 1.29 is 4.42 Å². The third-order valence-electron chi connectivity index (χ3n) is 14.8. The van der Waals surface area contributed by atoms with Gasteiger partial charge in [-0.1, -0.05) is 200 Å². The molecule has 6 nitrogen and oxygen atoms in total. The fraction of sp³-hybridized carbons (Fsp3) is 0. The molecule has 0 spiro atoms. The monoisotopic (exact) mass is 957 g/mol. The van der Waals surface area contributed by atoms with E-state index in [1.807, 2.05) is 12.1 Å². The van der Waals surface area contributed by atoms with Crippen molar-refractivity contribution in [3.63, 3.8) is 0 Å². The quantitative estimate of drug-likeness (QED) is 0.152. The molecule has 0 radical (unpaired) electrons. The summed E-state index contributed by atoms with van der Waals surface area (Å²) in [6.07, 6.45) is 0. The molecule has 0 unspecified atom stereocenters. The molecule has 0 saturated heterocycles. The maximum absolute atomic E-state index is 7.41. The molecular weight excluding hydrogens is 915 g/mol. The minimum atomic E-state index is 0.592. The maximum Gasteiger partial charge on any atom is 0.164 e.